The van der Waals surface area contributed by atoms with E-state index in [0.717, 1.165) is 32.9 Å². The van der Waals surface area contributed by atoms with Gasteiger partial charge in [0.25, 0.3) is 0 Å². The van der Waals surface area contributed by atoms with Gasteiger partial charge >= 0.3 is 0 Å². The number of hydrogen-bond donors (Lipinski definition) is 2. The highest BCUT2D eigenvalue weighted by atomic mass is 35.5. The number of primary amides is 1. The summed E-state index contributed by atoms with van der Waals surface area (Å²) in [5.74, 6) is -0.505. The van der Waals surface area contributed by atoms with E-state index in [-0.39, 0.29) is 6.61 Å². The second kappa shape index (κ2) is 6.89. The zero-order valence-corrected chi connectivity index (χ0v) is 15.7. The molecule has 4 rings (SSSR count). The van der Waals surface area contributed by atoms with E-state index in [2.05, 4.69) is 6.07 Å². The molecule has 3 N–H and O–H groups in total. The number of benzene rings is 3. The van der Waals surface area contributed by atoms with E-state index < -0.39 is 5.91 Å². The van der Waals surface area contributed by atoms with Crippen molar-refractivity contribution in [2.45, 2.75) is 13.2 Å². The number of hydrogen-bond acceptors (Lipinski definition) is 2. The Bertz CT molecular complexity index is 1180. The minimum atomic E-state index is -0.505. The van der Waals surface area contributed by atoms with Gasteiger partial charge in [-0.25, -0.2) is 0 Å². The minimum absolute atomic E-state index is 0.108. The van der Waals surface area contributed by atoms with Crippen LogP contribution in [0.1, 0.15) is 21.5 Å². The molecule has 0 saturated carbocycles. The van der Waals surface area contributed by atoms with Gasteiger partial charge in [-0.3, -0.25) is 4.79 Å². The number of aliphatic hydroxyl groups excluding tert-OH is 1. The summed E-state index contributed by atoms with van der Waals surface area (Å²) in [7, 11) is 0. The van der Waals surface area contributed by atoms with E-state index in [0.29, 0.717) is 22.2 Å². The summed E-state index contributed by atoms with van der Waals surface area (Å²) in [6.45, 7) is 0.299. The Morgan fingerprint density at radius 2 is 1.81 bits per heavy atom. The first-order valence-electron chi connectivity index (χ1n) is 8.30. The average Bonchev–Trinajstić information content (AvgIpc) is 2.97. The fraction of sp³-hybridized carbons (Fsp3) is 0.0952. The number of carbonyl (C=O) groups is 1. The third kappa shape index (κ3) is 2.96. The number of nitrogens with two attached hydrogens (primary N) is 1. The molecule has 135 valence electrons. The summed E-state index contributed by atoms with van der Waals surface area (Å²) in [6.07, 6.45) is 0. The Kier molecular flexibility index (Phi) is 4.56. The number of rotatable bonds is 4. The molecular weight excluding hydrogens is 383 g/mol. The molecule has 0 fully saturated rings. The van der Waals surface area contributed by atoms with Gasteiger partial charge in [0, 0.05) is 31.9 Å². The van der Waals surface area contributed by atoms with Gasteiger partial charge in [-0.1, -0.05) is 35.3 Å². The summed E-state index contributed by atoms with van der Waals surface area (Å²) in [5.41, 5.74) is 9.16. The van der Waals surface area contributed by atoms with Crippen LogP contribution in [0.15, 0.2) is 48.5 Å². The SMILES string of the molecule is NC(=O)c1cccc2c1c1[c]cc(CO)cc1n2Cc1c(Cl)cccc1Cl. The van der Waals surface area contributed by atoms with E-state index in [4.69, 9.17) is 28.9 Å². The molecule has 0 unspecified atom stereocenters. The summed E-state index contributed by atoms with van der Waals surface area (Å²) >= 11 is 12.7. The first kappa shape index (κ1) is 17.9. The maximum Gasteiger partial charge on any atom is 0.249 e. The largest absolute Gasteiger partial charge is 0.392 e. The van der Waals surface area contributed by atoms with Gasteiger partial charge in [0.2, 0.25) is 5.91 Å². The van der Waals surface area contributed by atoms with Gasteiger partial charge in [0.15, 0.2) is 0 Å². The molecule has 6 heteroatoms. The molecule has 0 aliphatic heterocycles. The highest BCUT2D eigenvalue weighted by Gasteiger charge is 2.18. The molecule has 0 aliphatic rings. The van der Waals surface area contributed by atoms with Crippen molar-refractivity contribution in [3.05, 3.63) is 81.3 Å². The summed E-state index contributed by atoms with van der Waals surface area (Å²) in [4.78, 5) is 12.0. The van der Waals surface area contributed by atoms with Crippen molar-refractivity contribution in [3.8, 4) is 0 Å². The molecule has 4 nitrogen and oxygen atoms in total. The third-order valence-electron chi connectivity index (χ3n) is 4.68. The van der Waals surface area contributed by atoms with E-state index >= 15 is 0 Å². The van der Waals surface area contributed by atoms with E-state index in [1.54, 1.807) is 36.4 Å². The maximum absolute atomic E-state index is 12.0. The lowest BCUT2D eigenvalue weighted by molar-refractivity contribution is 0.100. The van der Waals surface area contributed by atoms with Crippen LogP contribution in [0, 0.1) is 6.07 Å². The second-order valence-electron chi connectivity index (χ2n) is 6.28. The molecule has 0 saturated heterocycles. The van der Waals surface area contributed by atoms with Gasteiger partial charge in [-0.2, -0.15) is 0 Å². The quantitative estimate of drug-likeness (QED) is 0.530. The lowest BCUT2D eigenvalue weighted by Gasteiger charge is -2.11. The van der Waals surface area contributed by atoms with E-state index in [1.165, 1.54) is 0 Å². The molecule has 0 bridgehead atoms. The lowest BCUT2D eigenvalue weighted by atomic mass is 10.0. The maximum atomic E-state index is 12.0. The van der Waals surface area contributed by atoms with Gasteiger partial charge in [-0.05, 0) is 48.0 Å². The molecule has 1 amide bonds. The molecule has 3 aromatic carbocycles. The molecule has 4 aromatic rings. The van der Waals surface area contributed by atoms with Crippen LogP contribution in [0.25, 0.3) is 21.8 Å². The van der Waals surface area contributed by atoms with Crippen molar-refractivity contribution in [2.24, 2.45) is 5.73 Å². The molecule has 0 spiro atoms. The Morgan fingerprint density at radius 1 is 1.11 bits per heavy atom. The Balaban J connectivity index is 2.08. The monoisotopic (exact) mass is 397 g/mol. The number of aliphatic hydroxyl groups is 1. The van der Waals surface area contributed by atoms with Crippen LogP contribution in [0.4, 0.5) is 0 Å². The molecule has 27 heavy (non-hydrogen) atoms. The van der Waals surface area contributed by atoms with Gasteiger partial charge in [0.05, 0.1) is 24.2 Å². The normalized spacial score (nSPS) is 11.4. The Morgan fingerprint density at radius 3 is 2.48 bits per heavy atom. The number of carbonyl (C=O) groups excluding carboxylic acids is 1. The lowest BCUT2D eigenvalue weighted by Crippen LogP contribution is -2.11. The highest BCUT2D eigenvalue weighted by Crippen LogP contribution is 2.34. The predicted octanol–water partition coefficient (Wildman–Crippen LogP) is 4.54. The number of aromatic nitrogens is 1. The van der Waals surface area contributed by atoms with Gasteiger partial charge < -0.3 is 15.4 Å². The zero-order chi connectivity index (χ0) is 19.1. The van der Waals surface area contributed by atoms with Gasteiger partial charge in [-0.15, -0.1) is 0 Å². The summed E-state index contributed by atoms with van der Waals surface area (Å²) in [6, 6.07) is 17.6. The Hall–Kier alpha value is -2.53. The molecule has 1 heterocycles. The zero-order valence-electron chi connectivity index (χ0n) is 14.2. The van der Waals surface area contributed by atoms with Crippen molar-refractivity contribution in [2.75, 3.05) is 0 Å². The summed E-state index contributed by atoms with van der Waals surface area (Å²) in [5, 5.41) is 12.2. The predicted molar refractivity (Wildman–Crippen MR) is 108 cm³/mol. The molecular formula is C21H15Cl2N2O2. The van der Waals surface area contributed by atoms with Crippen LogP contribution < -0.4 is 5.73 Å². The average molecular weight is 398 g/mol. The third-order valence-corrected chi connectivity index (χ3v) is 5.39. The van der Waals surface area contributed by atoms with Crippen LogP contribution in [0.2, 0.25) is 10.0 Å². The van der Waals surface area contributed by atoms with Crippen molar-refractivity contribution in [3.63, 3.8) is 0 Å². The fourth-order valence-corrected chi connectivity index (χ4v) is 3.92. The van der Waals surface area contributed by atoms with Crippen molar-refractivity contribution in [1.29, 1.82) is 0 Å². The van der Waals surface area contributed by atoms with Crippen molar-refractivity contribution in [1.82, 2.24) is 4.57 Å². The van der Waals surface area contributed by atoms with Crippen molar-refractivity contribution < 1.29 is 9.90 Å². The molecule has 1 radical (unpaired) electrons. The molecule has 0 atom stereocenters. The summed E-state index contributed by atoms with van der Waals surface area (Å²) < 4.78 is 2.01. The highest BCUT2D eigenvalue weighted by molar-refractivity contribution is 6.36. The molecule has 1 aromatic heterocycles. The topological polar surface area (TPSA) is 68.2 Å². The van der Waals surface area contributed by atoms with Crippen LogP contribution >= 0.6 is 23.2 Å². The van der Waals surface area contributed by atoms with Crippen LogP contribution in [-0.2, 0) is 13.2 Å². The fourth-order valence-electron chi connectivity index (χ4n) is 3.41. The van der Waals surface area contributed by atoms with Gasteiger partial charge in [0.1, 0.15) is 0 Å². The van der Waals surface area contributed by atoms with Crippen LogP contribution in [0.3, 0.4) is 0 Å². The van der Waals surface area contributed by atoms with E-state index in [1.807, 2.05) is 16.7 Å². The van der Waals surface area contributed by atoms with E-state index in [9.17, 15) is 9.90 Å². The molecule has 0 aliphatic carbocycles. The van der Waals surface area contributed by atoms with Crippen molar-refractivity contribution >= 4 is 50.9 Å². The first-order chi connectivity index (χ1) is 13.0. The standard InChI is InChI=1S/C21H15Cl2N2O2/c22-16-4-2-5-17(23)15(16)10-25-18-6-1-3-14(21(24)27)20(18)13-8-7-12(11-26)9-19(13)25/h1-7,9,26H,10-11H2,(H2,24,27). The smallest absolute Gasteiger partial charge is 0.249 e. The number of fused-ring (bicyclic) bond motifs is 3. The number of nitrogens with zero attached hydrogens (tertiary/aromatic N) is 1. The van der Waals surface area contributed by atoms with Crippen LogP contribution in [0.5, 0.6) is 0 Å². The Labute approximate surface area is 165 Å². The first-order valence-corrected chi connectivity index (χ1v) is 9.06. The second-order valence-corrected chi connectivity index (χ2v) is 7.09. The minimum Gasteiger partial charge on any atom is -0.392 e. The van der Waals surface area contributed by atoms with Crippen LogP contribution in [-0.4, -0.2) is 15.6 Å². The number of halogens is 2. The number of amides is 1.